The van der Waals surface area contributed by atoms with Crippen LogP contribution in [-0.4, -0.2) is 11.1 Å². The maximum Gasteiger partial charge on any atom is 0.413 e. The van der Waals surface area contributed by atoms with Crippen molar-refractivity contribution in [2.75, 3.05) is 5.32 Å². The quantitative estimate of drug-likeness (QED) is 0.657. The van der Waals surface area contributed by atoms with Crippen LogP contribution in [0.5, 0.6) is 0 Å². The third kappa shape index (κ3) is 4.40. The van der Waals surface area contributed by atoms with Gasteiger partial charge < -0.3 is 4.74 Å². The number of benzene rings is 2. The molecule has 0 fully saturated rings. The Morgan fingerprint density at radius 2 is 2.00 bits per heavy atom. The van der Waals surface area contributed by atoms with Gasteiger partial charge in [-0.05, 0) is 17.7 Å². The van der Waals surface area contributed by atoms with Crippen molar-refractivity contribution < 1.29 is 9.53 Å². The Balaban J connectivity index is 1.59. The van der Waals surface area contributed by atoms with E-state index in [4.69, 9.17) is 4.74 Å². The lowest BCUT2D eigenvalue weighted by molar-refractivity contribution is 0.155. The zero-order valence-electron chi connectivity index (χ0n) is 12.0. The minimum absolute atomic E-state index is 0.233. The predicted molar refractivity (Wildman–Crippen MR) is 95.5 cm³/mol. The Bertz CT molecular complexity index is 805. The molecule has 116 valence electrons. The molecule has 6 heteroatoms. The highest BCUT2D eigenvalue weighted by molar-refractivity contribution is 9.10. The normalized spacial score (nSPS) is 10.3. The van der Waals surface area contributed by atoms with Gasteiger partial charge in [0.05, 0.1) is 5.69 Å². The lowest BCUT2D eigenvalue weighted by Gasteiger charge is -2.04. The summed E-state index contributed by atoms with van der Waals surface area (Å²) in [5, 5.41) is 5.06. The molecule has 3 aromatic rings. The molecule has 23 heavy (non-hydrogen) atoms. The number of hydrogen-bond donors (Lipinski definition) is 1. The summed E-state index contributed by atoms with van der Waals surface area (Å²) in [6.45, 7) is 0.233. The summed E-state index contributed by atoms with van der Waals surface area (Å²) in [5.41, 5.74) is 2.74. The second-order valence-corrected chi connectivity index (χ2v) is 6.51. The summed E-state index contributed by atoms with van der Waals surface area (Å²) in [6, 6.07) is 17.4. The largest absolute Gasteiger partial charge is 0.444 e. The first-order valence-electron chi connectivity index (χ1n) is 6.90. The van der Waals surface area contributed by atoms with E-state index in [1.165, 1.54) is 11.3 Å². The number of anilines is 1. The average molecular weight is 389 g/mol. The molecule has 0 unspecified atom stereocenters. The number of thiazole rings is 1. The number of nitrogens with zero attached hydrogens (tertiary/aromatic N) is 1. The minimum Gasteiger partial charge on any atom is -0.444 e. The maximum absolute atomic E-state index is 11.8. The molecule has 3 rings (SSSR count). The van der Waals surface area contributed by atoms with E-state index in [2.05, 4.69) is 26.2 Å². The van der Waals surface area contributed by atoms with Crippen LogP contribution in [0.4, 0.5) is 9.93 Å². The van der Waals surface area contributed by atoms with E-state index < -0.39 is 6.09 Å². The van der Waals surface area contributed by atoms with E-state index in [1.54, 1.807) is 0 Å². The summed E-state index contributed by atoms with van der Waals surface area (Å²) in [5.74, 6) is 0. The third-order valence-electron chi connectivity index (χ3n) is 3.05. The molecular formula is C17H13BrN2O2S. The molecule has 1 N–H and O–H groups in total. The first kappa shape index (κ1) is 15.7. The Labute approximate surface area is 146 Å². The summed E-state index contributed by atoms with van der Waals surface area (Å²) in [7, 11) is 0. The summed E-state index contributed by atoms with van der Waals surface area (Å²) in [4.78, 5) is 16.2. The van der Waals surface area contributed by atoms with Crippen LogP contribution in [-0.2, 0) is 11.3 Å². The number of halogens is 1. The molecule has 0 aliphatic carbocycles. The van der Waals surface area contributed by atoms with E-state index in [-0.39, 0.29) is 6.61 Å². The number of ether oxygens (including phenoxy) is 1. The minimum atomic E-state index is -0.510. The van der Waals surface area contributed by atoms with Crippen molar-refractivity contribution in [1.29, 1.82) is 0 Å². The molecule has 0 radical (unpaired) electrons. The van der Waals surface area contributed by atoms with Gasteiger partial charge >= 0.3 is 6.09 Å². The van der Waals surface area contributed by atoms with Crippen molar-refractivity contribution in [1.82, 2.24) is 4.98 Å². The topological polar surface area (TPSA) is 51.2 Å². The number of rotatable bonds is 4. The fourth-order valence-electron chi connectivity index (χ4n) is 1.96. The number of hydrogen-bond acceptors (Lipinski definition) is 4. The van der Waals surface area contributed by atoms with Crippen molar-refractivity contribution in [2.45, 2.75) is 6.61 Å². The van der Waals surface area contributed by atoms with Crippen LogP contribution in [0.15, 0.2) is 64.5 Å². The number of aromatic nitrogens is 1. The zero-order chi connectivity index (χ0) is 16.1. The first-order chi connectivity index (χ1) is 11.2. The SMILES string of the molecule is O=C(Nc1nc(-c2cccc(Br)c2)cs1)OCc1ccccc1. The Hall–Kier alpha value is -2.18. The number of nitrogens with one attached hydrogen (secondary N) is 1. The van der Waals surface area contributed by atoms with Crippen molar-refractivity contribution in [2.24, 2.45) is 0 Å². The smallest absolute Gasteiger partial charge is 0.413 e. The molecule has 2 aromatic carbocycles. The van der Waals surface area contributed by atoms with Crippen molar-refractivity contribution >= 4 is 38.5 Å². The van der Waals surface area contributed by atoms with Gasteiger partial charge in [0.2, 0.25) is 0 Å². The molecule has 4 nitrogen and oxygen atoms in total. The highest BCUT2D eigenvalue weighted by Gasteiger charge is 2.09. The zero-order valence-corrected chi connectivity index (χ0v) is 14.4. The van der Waals surface area contributed by atoms with E-state index in [0.29, 0.717) is 5.13 Å². The van der Waals surface area contributed by atoms with Gasteiger partial charge in [-0.1, -0.05) is 58.4 Å². The average Bonchev–Trinajstić information content (AvgIpc) is 3.02. The van der Waals surface area contributed by atoms with Gasteiger partial charge in [-0.15, -0.1) is 11.3 Å². The summed E-state index contributed by atoms with van der Waals surface area (Å²) in [6.07, 6.45) is -0.510. The lowest BCUT2D eigenvalue weighted by atomic mass is 10.2. The molecule has 0 spiro atoms. The van der Waals surface area contributed by atoms with Crippen LogP contribution in [0.1, 0.15) is 5.56 Å². The van der Waals surface area contributed by atoms with Crippen LogP contribution in [0, 0.1) is 0 Å². The molecule has 0 atom stereocenters. The Kier molecular flexibility index (Phi) is 5.05. The van der Waals surface area contributed by atoms with Crippen LogP contribution in [0.25, 0.3) is 11.3 Å². The van der Waals surface area contributed by atoms with E-state index >= 15 is 0 Å². The molecule has 1 amide bonds. The second kappa shape index (κ2) is 7.39. The van der Waals surface area contributed by atoms with Gasteiger partial charge in [-0.25, -0.2) is 9.78 Å². The van der Waals surface area contributed by atoms with Crippen LogP contribution in [0.2, 0.25) is 0 Å². The molecule has 0 saturated carbocycles. The monoisotopic (exact) mass is 388 g/mol. The maximum atomic E-state index is 11.8. The van der Waals surface area contributed by atoms with Crippen LogP contribution in [0.3, 0.4) is 0 Å². The molecule has 1 aromatic heterocycles. The fourth-order valence-corrected chi connectivity index (χ4v) is 3.06. The molecule has 0 bridgehead atoms. The second-order valence-electron chi connectivity index (χ2n) is 4.73. The predicted octanol–water partition coefficient (Wildman–Crippen LogP) is 5.32. The standard InChI is InChI=1S/C17H13BrN2O2S/c18-14-8-4-7-13(9-14)15-11-23-16(19-15)20-17(21)22-10-12-5-2-1-3-6-12/h1-9,11H,10H2,(H,19,20,21). The van der Waals surface area contributed by atoms with Gasteiger partial charge in [0.1, 0.15) is 6.61 Å². The van der Waals surface area contributed by atoms with Gasteiger partial charge in [0.25, 0.3) is 0 Å². The molecule has 0 aliphatic rings. The highest BCUT2D eigenvalue weighted by atomic mass is 79.9. The first-order valence-corrected chi connectivity index (χ1v) is 8.57. The van der Waals surface area contributed by atoms with Gasteiger partial charge in [-0.2, -0.15) is 0 Å². The molecule has 0 saturated heterocycles. The Morgan fingerprint density at radius 3 is 2.78 bits per heavy atom. The van der Waals surface area contributed by atoms with E-state index in [9.17, 15) is 4.79 Å². The van der Waals surface area contributed by atoms with Gasteiger partial charge in [0.15, 0.2) is 5.13 Å². The number of carbonyl (C=O) groups excluding carboxylic acids is 1. The summed E-state index contributed by atoms with van der Waals surface area (Å²) >= 11 is 4.80. The highest BCUT2D eigenvalue weighted by Crippen LogP contribution is 2.26. The summed E-state index contributed by atoms with van der Waals surface area (Å²) < 4.78 is 6.16. The van der Waals surface area contributed by atoms with Crippen molar-refractivity contribution in [3.8, 4) is 11.3 Å². The number of amides is 1. The van der Waals surface area contributed by atoms with Crippen LogP contribution >= 0.6 is 27.3 Å². The number of carbonyl (C=O) groups is 1. The van der Waals surface area contributed by atoms with Gasteiger partial charge in [-0.3, -0.25) is 5.32 Å². The molecule has 1 heterocycles. The van der Waals surface area contributed by atoms with Crippen molar-refractivity contribution in [3.05, 3.63) is 70.0 Å². The Morgan fingerprint density at radius 1 is 1.17 bits per heavy atom. The van der Waals surface area contributed by atoms with E-state index in [0.717, 1.165) is 21.3 Å². The van der Waals surface area contributed by atoms with Crippen molar-refractivity contribution in [3.63, 3.8) is 0 Å². The van der Waals surface area contributed by atoms with Crippen LogP contribution < -0.4 is 5.32 Å². The van der Waals surface area contributed by atoms with E-state index in [1.807, 2.05) is 60.0 Å². The fraction of sp³-hybridized carbons (Fsp3) is 0.0588. The third-order valence-corrected chi connectivity index (χ3v) is 4.30. The molecule has 0 aliphatic heterocycles. The molecular weight excluding hydrogens is 376 g/mol. The lowest BCUT2D eigenvalue weighted by Crippen LogP contribution is -2.13. The van der Waals surface area contributed by atoms with Gasteiger partial charge in [0, 0.05) is 15.4 Å².